The molecule has 0 spiro atoms. The molecule has 2 amide bonds. The lowest BCUT2D eigenvalue weighted by Crippen LogP contribution is -2.52. The number of rotatable bonds is 13. The van der Waals surface area contributed by atoms with Crippen molar-refractivity contribution >= 4 is 27.5 Å². The molecule has 0 fully saturated rings. The Balaban J connectivity index is 2.11. The first-order valence-corrected chi connectivity index (χ1v) is 15.6. The van der Waals surface area contributed by atoms with Gasteiger partial charge in [-0.25, -0.2) is 8.42 Å². The van der Waals surface area contributed by atoms with Crippen molar-refractivity contribution in [3.05, 3.63) is 95.1 Å². The first-order valence-electron chi connectivity index (χ1n) is 14.2. The fourth-order valence-electron chi connectivity index (χ4n) is 4.60. The molecule has 0 unspecified atom stereocenters. The first-order chi connectivity index (χ1) is 20.3. The molecule has 3 aromatic carbocycles. The van der Waals surface area contributed by atoms with Gasteiger partial charge in [-0.05, 0) is 68.1 Å². The summed E-state index contributed by atoms with van der Waals surface area (Å²) < 4.78 is 69.5. The lowest BCUT2D eigenvalue weighted by atomic mass is 10.1. The van der Waals surface area contributed by atoms with E-state index in [9.17, 15) is 31.2 Å². The number of anilines is 1. The zero-order valence-corrected chi connectivity index (χ0v) is 25.6. The molecule has 0 bridgehead atoms. The first kappa shape index (κ1) is 33.6. The Bertz CT molecular complexity index is 1510. The zero-order valence-electron chi connectivity index (χ0n) is 24.8. The highest BCUT2D eigenvalue weighted by Gasteiger charge is 2.36. The average molecular weight is 618 g/mol. The highest BCUT2D eigenvalue weighted by molar-refractivity contribution is 7.92. The Morgan fingerprint density at radius 3 is 2.21 bits per heavy atom. The smallest absolute Gasteiger partial charge is 0.354 e. The van der Waals surface area contributed by atoms with Crippen LogP contribution in [0.4, 0.5) is 18.9 Å². The second-order valence-electron chi connectivity index (χ2n) is 10.4. The van der Waals surface area contributed by atoms with Gasteiger partial charge in [0.1, 0.15) is 12.6 Å². The van der Waals surface area contributed by atoms with E-state index in [1.807, 2.05) is 32.0 Å². The Labute approximate surface area is 251 Å². The van der Waals surface area contributed by atoms with Gasteiger partial charge >= 0.3 is 6.18 Å². The van der Waals surface area contributed by atoms with E-state index in [4.69, 9.17) is 0 Å². The normalized spacial score (nSPS) is 12.4. The maximum atomic E-state index is 14.1. The lowest BCUT2D eigenvalue weighted by molar-refractivity contribution is -0.140. The lowest BCUT2D eigenvalue weighted by Gasteiger charge is -2.33. The minimum absolute atomic E-state index is 0.00617. The van der Waals surface area contributed by atoms with Crippen LogP contribution in [0.5, 0.6) is 0 Å². The number of halogens is 3. The van der Waals surface area contributed by atoms with E-state index < -0.39 is 40.3 Å². The second kappa shape index (κ2) is 14.5. The number of carbonyl (C=O) groups is 2. The van der Waals surface area contributed by atoms with Gasteiger partial charge in [-0.2, -0.15) is 13.2 Å². The number of benzene rings is 3. The van der Waals surface area contributed by atoms with Crippen molar-refractivity contribution in [3.63, 3.8) is 0 Å². The van der Waals surface area contributed by atoms with Crippen LogP contribution in [0.1, 0.15) is 55.4 Å². The molecule has 3 rings (SSSR count). The number of alkyl halides is 3. The van der Waals surface area contributed by atoms with Gasteiger partial charge in [0.05, 0.1) is 16.1 Å². The van der Waals surface area contributed by atoms with Gasteiger partial charge < -0.3 is 10.2 Å². The molecule has 0 aliphatic carbocycles. The van der Waals surface area contributed by atoms with Crippen molar-refractivity contribution in [1.82, 2.24) is 10.2 Å². The number of nitrogens with one attached hydrogen (secondary N) is 1. The fraction of sp³-hybridized carbons (Fsp3) is 0.375. The zero-order chi connectivity index (χ0) is 31.8. The molecule has 0 heterocycles. The summed E-state index contributed by atoms with van der Waals surface area (Å²) in [4.78, 5) is 28.5. The molecule has 1 atom stereocenters. The summed E-state index contributed by atoms with van der Waals surface area (Å²) in [6, 6.07) is 16.0. The Morgan fingerprint density at radius 1 is 0.930 bits per heavy atom. The largest absolute Gasteiger partial charge is 0.416 e. The maximum Gasteiger partial charge on any atom is 0.416 e. The number of hydrogen-bond acceptors (Lipinski definition) is 4. The van der Waals surface area contributed by atoms with Crippen LogP contribution >= 0.6 is 0 Å². The van der Waals surface area contributed by atoms with E-state index in [1.54, 1.807) is 32.0 Å². The third kappa shape index (κ3) is 8.59. The number of sulfonamides is 1. The van der Waals surface area contributed by atoms with Gasteiger partial charge in [0.2, 0.25) is 11.8 Å². The summed E-state index contributed by atoms with van der Waals surface area (Å²) in [5.74, 6) is -1.11. The van der Waals surface area contributed by atoms with Crippen LogP contribution in [0.2, 0.25) is 0 Å². The van der Waals surface area contributed by atoms with Crippen molar-refractivity contribution < 1.29 is 31.2 Å². The second-order valence-corrected chi connectivity index (χ2v) is 12.3. The van der Waals surface area contributed by atoms with E-state index in [1.165, 1.54) is 23.1 Å². The van der Waals surface area contributed by atoms with Crippen molar-refractivity contribution in [3.8, 4) is 0 Å². The molecule has 43 heavy (non-hydrogen) atoms. The Kier molecular flexibility index (Phi) is 11.4. The van der Waals surface area contributed by atoms with E-state index in [2.05, 4.69) is 5.32 Å². The van der Waals surface area contributed by atoms with Gasteiger partial charge in [-0.1, -0.05) is 68.3 Å². The molecular weight excluding hydrogens is 579 g/mol. The predicted molar refractivity (Wildman–Crippen MR) is 161 cm³/mol. The number of aryl methyl sites for hydroxylation is 2. The third-order valence-electron chi connectivity index (χ3n) is 7.17. The van der Waals surface area contributed by atoms with E-state index in [0.29, 0.717) is 16.9 Å². The van der Waals surface area contributed by atoms with Gasteiger partial charge in [0.25, 0.3) is 10.0 Å². The molecule has 0 aliphatic heterocycles. The molecule has 1 N–H and O–H groups in total. The Hall–Kier alpha value is -3.86. The number of carbonyl (C=O) groups excluding carboxylic acids is 2. The SMILES string of the molecule is CCCCNC(=O)[C@H](CC)N(Cc1ccccc1C)C(=O)CN(c1cccc(C(F)(F)F)c1)S(=O)(=O)c1ccc(C)cc1. The van der Waals surface area contributed by atoms with Crippen LogP contribution in [0.3, 0.4) is 0 Å². The molecule has 0 aromatic heterocycles. The summed E-state index contributed by atoms with van der Waals surface area (Å²) in [7, 11) is -4.50. The van der Waals surface area contributed by atoms with Crippen LogP contribution in [0.25, 0.3) is 0 Å². The van der Waals surface area contributed by atoms with Crippen LogP contribution in [0, 0.1) is 13.8 Å². The molecule has 232 valence electrons. The van der Waals surface area contributed by atoms with Crippen LogP contribution in [-0.2, 0) is 32.3 Å². The highest BCUT2D eigenvalue weighted by atomic mass is 32.2. The van der Waals surface area contributed by atoms with Crippen molar-refractivity contribution in [2.45, 2.75) is 70.6 Å². The van der Waals surface area contributed by atoms with Gasteiger partial charge in [-0.15, -0.1) is 0 Å². The van der Waals surface area contributed by atoms with Gasteiger partial charge in [-0.3, -0.25) is 13.9 Å². The molecule has 11 heteroatoms. The molecule has 0 saturated heterocycles. The van der Waals surface area contributed by atoms with Crippen molar-refractivity contribution in [2.24, 2.45) is 0 Å². The van der Waals surface area contributed by atoms with Gasteiger partial charge in [0.15, 0.2) is 0 Å². The number of amides is 2. The summed E-state index contributed by atoms with van der Waals surface area (Å²) in [5, 5.41) is 2.85. The molecule has 3 aromatic rings. The molecule has 0 radical (unpaired) electrons. The number of hydrogen-bond donors (Lipinski definition) is 1. The number of nitrogens with zero attached hydrogens (tertiary/aromatic N) is 2. The quantitative estimate of drug-likeness (QED) is 0.230. The number of unbranched alkanes of at least 4 members (excludes halogenated alkanes) is 1. The predicted octanol–water partition coefficient (Wildman–Crippen LogP) is 6.24. The molecule has 7 nitrogen and oxygen atoms in total. The fourth-order valence-corrected chi connectivity index (χ4v) is 6.01. The summed E-state index contributed by atoms with van der Waals surface area (Å²) in [6.07, 6.45) is -2.90. The van der Waals surface area contributed by atoms with Crippen LogP contribution < -0.4 is 9.62 Å². The standard InChI is InChI=1S/C32H38F3N3O4S/c1-5-7-19-36-31(40)29(6-2)37(21-25-12-9-8-11-24(25)4)30(39)22-38(27-14-10-13-26(20-27)32(33,34)35)43(41,42)28-17-15-23(3)16-18-28/h8-18,20,29H,5-7,19,21-22H2,1-4H3,(H,36,40)/t29-/m0/s1. The minimum Gasteiger partial charge on any atom is -0.354 e. The van der Waals surface area contributed by atoms with Crippen molar-refractivity contribution in [2.75, 3.05) is 17.4 Å². The van der Waals surface area contributed by atoms with Crippen LogP contribution in [0.15, 0.2) is 77.7 Å². The van der Waals surface area contributed by atoms with Gasteiger partial charge in [0, 0.05) is 13.1 Å². The Morgan fingerprint density at radius 2 is 1.60 bits per heavy atom. The van der Waals surface area contributed by atoms with E-state index in [-0.39, 0.29) is 29.5 Å². The summed E-state index contributed by atoms with van der Waals surface area (Å²) in [5.41, 5.74) is 1.02. The van der Waals surface area contributed by atoms with Crippen LogP contribution in [-0.4, -0.2) is 44.3 Å². The summed E-state index contributed by atoms with van der Waals surface area (Å²) >= 11 is 0. The average Bonchev–Trinajstić information content (AvgIpc) is 2.96. The molecule has 0 aliphatic rings. The maximum absolute atomic E-state index is 14.1. The highest BCUT2D eigenvalue weighted by Crippen LogP contribution is 2.33. The van der Waals surface area contributed by atoms with E-state index in [0.717, 1.165) is 41.7 Å². The topological polar surface area (TPSA) is 86.8 Å². The summed E-state index contributed by atoms with van der Waals surface area (Å²) in [6.45, 7) is 6.95. The molecule has 0 saturated carbocycles. The monoisotopic (exact) mass is 617 g/mol. The molecular formula is C32H38F3N3O4S. The minimum atomic E-state index is -4.74. The van der Waals surface area contributed by atoms with Crippen molar-refractivity contribution in [1.29, 1.82) is 0 Å². The van der Waals surface area contributed by atoms with E-state index >= 15 is 0 Å². The third-order valence-corrected chi connectivity index (χ3v) is 8.95.